The number of alkyl halides is 3. The lowest BCUT2D eigenvalue weighted by Gasteiger charge is -2.29. The number of anilines is 1. The molecular weight excluding hydrogens is 374 g/mol. The van der Waals surface area contributed by atoms with Gasteiger partial charge in [-0.3, -0.25) is 0 Å². The van der Waals surface area contributed by atoms with Gasteiger partial charge in [-0.05, 0) is 0 Å². The first-order valence-corrected chi connectivity index (χ1v) is 8.15. The van der Waals surface area contributed by atoms with Crippen LogP contribution >= 0.6 is 0 Å². The van der Waals surface area contributed by atoms with E-state index in [1.807, 2.05) is 0 Å². The zero-order valence-electron chi connectivity index (χ0n) is 12.3. The zero-order chi connectivity index (χ0) is 18.4. The zero-order valence-corrected chi connectivity index (χ0v) is 13.1. The molecule has 3 heterocycles. The van der Waals surface area contributed by atoms with Gasteiger partial charge in [-0.25, -0.2) is 14.6 Å². The second-order valence-electron chi connectivity index (χ2n) is 5.17. The number of hydrogen-bond acceptors (Lipinski definition) is 8. The number of nitrogen functional groups attached to an aromatic ring is 1. The van der Waals surface area contributed by atoms with E-state index in [0.717, 1.165) is 4.68 Å². The van der Waals surface area contributed by atoms with Crippen LogP contribution in [0.4, 0.5) is 22.9 Å². The molecule has 0 radical (unpaired) electrons. The minimum Gasteiger partial charge on any atom is -0.382 e. The van der Waals surface area contributed by atoms with Gasteiger partial charge in [0.1, 0.15) is 0 Å². The lowest BCUT2D eigenvalue weighted by atomic mass is 10.3. The Labute approximate surface area is 137 Å². The average molecular weight is 385 g/mol. The number of aromatic nitrogens is 5. The van der Waals surface area contributed by atoms with Crippen molar-refractivity contribution in [1.82, 2.24) is 29.3 Å². The standard InChI is InChI=1S/C10H11F4N7O3S/c11-10(12,13)9-16-7(15)6-8(17-9)21(19-18-6)4-5-3-20(1-2-24-5)25(14,22)23/h5H,1-4H2,(H2,15,16,17)/t5-/m1/s1. The quantitative estimate of drug-likeness (QED) is 0.565. The van der Waals surface area contributed by atoms with E-state index in [1.165, 1.54) is 0 Å². The molecule has 0 amide bonds. The van der Waals surface area contributed by atoms with Gasteiger partial charge in [0.05, 0.1) is 19.3 Å². The number of nitrogens with two attached hydrogens (primary N) is 1. The summed E-state index contributed by atoms with van der Waals surface area (Å²) in [6.45, 7) is -0.769. The van der Waals surface area contributed by atoms with Gasteiger partial charge < -0.3 is 10.5 Å². The van der Waals surface area contributed by atoms with Crippen LogP contribution in [0.2, 0.25) is 0 Å². The van der Waals surface area contributed by atoms with Crippen molar-refractivity contribution in [3.05, 3.63) is 5.82 Å². The minimum atomic E-state index is -4.90. The first kappa shape index (κ1) is 17.7. The normalized spacial score (nSPS) is 20.2. The molecule has 0 bridgehead atoms. The van der Waals surface area contributed by atoms with Gasteiger partial charge in [0.2, 0.25) is 5.82 Å². The fourth-order valence-electron chi connectivity index (χ4n) is 2.32. The van der Waals surface area contributed by atoms with Gasteiger partial charge in [0.25, 0.3) is 0 Å². The number of morpholine rings is 1. The first-order chi connectivity index (χ1) is 11.6. The maximum atomic E-state index is 13.1. The summed E-state index contributed by atoms with van der Waals surface area (Å²) in [5, 5.41) is 7.24. The summed E-state index contributed by atoms with van der Waals surface area (Å²) in [6.07, 6.45) is -5.67. The second-order valence-corrected chi connectivity index (χ2v) is 6.51. The van der Waals surface area contributed by atoms with E-state index in [0.29, 0.717) is 4.31 Å². The maximum Gasteiger partial charge on any atom is 0.451 e. The molecule has 0 aliphatic carbocycles. The minimum absolute atomic E-state index is 0.0780. The van der Waals surface area contributed by atoms with E-state index in [4.69, 9.17) is 10.5 Å². The number of rotatable bonds is 3. The molecule has 138 valence electrons. The Morgan fingerprint density at radius 2 is 2.04 bits per heavy atom. The largest absolute Gasteiger partial charge is 0.451 e. The van der Waals surface area contributed by atoms with Crippen molar-refractivity contribution in [1.29, 1.82) is 0 Å². The van der Waals surface area contributed by atoms with Crippen LogP contribution < -0.4 is 5.73 Å². The van der Waals surface area contributed by atoms with Gasteiger partial charge in [-0.1, -0.05) is 9.10 Å². The smallest absolute Gasteiger partial charge is 0.382 e. The lowest BCUT2D eigenvalue weighted by Crippen LogP contribution is -2.45. The molecule has 15 heteroatoms. The van der Waals surface area contributed by atoms with E-state index >= 15 is 0 Å². The summed E-state index contributed by atoms with van der Waals surface area (Å²) in [5.41, 5.74) is 5.02. The molecule has 0 aromatic carbocycles. The molecule has 1 aliphatic heterocycles. The fourth-order valence-corrected chi connectivity index (χ4v) is 2.96. The second kappa shape index (κ2) is 5.99. The predicted octanol–water partition coefficient (Wildman–Crippen LogP) is -0.263. The SMILES string of the molecule is Nc1nc(C(F)(F)F)nc2c1nnn2C[C@H]1CN(S(=O)(=O)F)CCO1. The number of hydrogen-bond donors (Lipinski definition) is 1. The number of ether oxygens (including phenoxy) is 1. The van der Waals surface area contributed by atoms with Crippen LogP contribution in [-0.4, -0.2) is 63.5 Å². The molecule has 3 rings (SSSR count). The van der Waals surface area contributed by atoms with Gasteiger partial charge in [-0.15, -0.1) is 5.10 Å². The van der Waals surface area contributed by atoms with Gasteiger partial charge in [0.15, 0.2) is 17.0 Å². The van der Waals surface area contributed by atoms with E-state index in [-0.39, 0.29) is 37.4 Å². The third-order valence-electron chi connectivity index (χ3n) is 3.43. The number of halogens is 4. The van der Waals surface area contributed by atoms with Crippen LogP contribution in [0.1, 0.15) is 5.82 Å². The van der Waals surface area contributed by atoms with Crippen molar-refractivity contribution >= 4 is 27.4 Å². The summed E-state index contributed by atoms with van der Waals surface area (Å²) < 4.78 is 80.2. The molecule has 25 heavy (non-hydrogen) atoms. The Hall–Kier alpha value is -2.13. The van der Waals surface area contributed by atoms with E-state index < -0.39 is 34.3 Å². The molecule has 0 unspecified atom stereocenters. The highest BCUT2D eigenvalue weighted by molar-refractivity contribution is 7.83. The van der Waals surface area contributed by atoms with Crippen LogP contribution in [0.3, 0.4) is 0 Å². The van der Waals surface area contributed by atoms with E-state index in [9.17, 15) is 25.5 Å². The van der Waals surface area contributed by atoms with Crippen LogP contribution in [0.15, 0.2) is 0 Å². The van der Waals surface area contributed by atoms with Crippen molar-refractivity contribution < 1.29 is 30.2 Å². The first-order valence-electron chi connectivity index (χ1n) is 6.81. The van der Waals surface area contributed by atoms with Crippen LogP contribution in [0.25, 0.3) is 11.2 Å². The molecule has 1 fully saturated rings. The topological polar surface area (TPSA) is 129 Å². The summed E-state index contributed by atoms with van der Waals surface area (Å²) in [4.78, 5) is 6.50. The Morgan fingerprint density at radius 1 is 1.32 bits per heavy atom. The van der Waals surface area contributed by atoms with E-state index in [1.54, 1.807) is 0 Å². The molecular formula is C10H11F4N7O3S. The highest BCUT2D eigenvalue weighted by atomic mass is 32.3. The molecule has 2 aromatic rings. The van der Waals surface area contributed by atoms with Crippen molar-refractivity contribution in [3.8, 4) is 0 Å². The molecule has 1 saturated heterocycles. The van der Waals surface area contributed by atoms with Crippen LogP contribution in [0, 0.1) is 0 Å². The van der Waals surface area contributed by atoms with Gasteiger partial charge >= 0.3 is 16.6 Å². The molecule has 1 aliphatic rings. The third-order valence-corrected chi connectivity index (χ3v) is 4.38. The molecule has 0 saturated carbocycles. The van der Waals surface area contributed by atoms with Crippen molar-refractivity contribution in [2.45, 2.75) is 18.8 Å². The van der Waals surface area contributed by atoms with Gasteiger partial charge in [-0.2, -0.15) is 25.9 Å². The summed E-state index contributed by atoms with van der Waals surface area (Å²) >= 11 is 0. The number of fused-ring (bicyclic) bond motifs is 1. The average Bonchev–Trinajstić information content (AvgIpc) is 2.89. The molecule has 1 atom stereocenters. The van der Waals surface area contributed by atoms with Gasteiger partial charge in [0, 0.05) is 13.1 Å². The highest BCUT2D eigenvalue weighted by Gasteiger charge is 2.36. The Morgan fingerprint density at radius 3 is 2.68 bits per heavy atom. The predicted molar refractivity (Wildman–Crippen MR) is 73.9 cm³/mol. The maximum absolute atomic E-state index is 13.1. The monoisotopic (exact) mass is 385 g/mol. The molecule has 2 aromatic heterocycles. The number of nitrogens with zero attached hydrogens (tertiary/aromatic N) is 6. The lowest BCUT2D eigenvalue weighted by molar-refractivity contribution is -0.144. The molecule has 0 spiro atoms. The Balaban J connectivity index is 1.90. The summed E-state index contributed by atoms with van der Waals surface area (Å²) in [7, 11) is -4.90. The Bertz CT molecular complexity index is 900. The third kappa shape index (κ3) is 3.62. The van der Waals surface area contributed by atoms with Crippen molar-refractivity contribution in [2.24, 2.45) is 0 Å². The summed E-state index contributed by atoms with van der Waals surface area (Å²) in [5.74, 6) is -1.96. The highest BCUT2D eigenvalue weighted by Crippen LogP contribution is 2.28. The van der Waals surface area contributed by atoms with Crippen molar-refractivity contribution in [3.63, 3.8) is 0 Å². The molecule has 2 N–H and O–H groups in total. The molecule has 10 nitrogen and oxygen atoms in total. The fraction of sp³-hybridized carbons (Fsp3) is 0.600. The van der Waals surface area contributed by atoms with Crippen molar-refractivity contribution in [2.75, 3.05) is 25.4 Å². The van der Waals surface area contributed by atoms with E-state index in [2.05, 4.69) is 20.3 Å². The van der Waals surface area contributed by atoms with Crippen LogP contribution in [-0.2, 0) is 27.9 Å². The summed E-state index contributed by atoms with van der Waals surface area (Å²) in [6, 6.07) is 0. The van der Waals surface area contributed by atoms with Crippen LogP contribution in [0.5, 0.6) is 0 Å². The Kier molecular flexibility index (Phi) is 4.24.